The van der Waals surface area contributed by atoms with Gasteiger partial charge in [-0.3, -0.25) is 0 Å². The quantitative estimate of drug-likeness (QED) is 0.555. The number of aliphatic hydroxyl groups excluding tert-OH is 2. The lowest BCUT2D eigenvalue weighted by Crippen LogP contribution is -2.27. The molecule has 74 valence electrons. The number of rotatable bonds is 4. The molecule has 2 unspecified atom stereocenters. The Balaban J connectivity index is 2.38. The highest BCUT2D eigenvalue weighted by molar-refractivity contribution is 8.79. The second kappa shape index (κ2) is 5.72. The Labute approximate surface area is 85.3 Å². The Morgan fingerprint density at radius 2 is 2.31 bits per heavy atom. The van der Waals surface area contributed by atoms with Gasteiger partial charge in [0.2, 0.25) is 0 Å². The maximum Gasteiger partial charge on any atom is 0.180 e. The number of methoxy groups -OCH3 is 1. The van der Waals surface area contributed by atoms with E-state index in [1.54, 1.807) is 21.6 Å². The van der Waals surface area contributed by atoms with Gasteiger partial charge >= 0.3 is 0 Å². The smallest absolute Gasteiger partial charge is 0.180 e. The average Bonchev–Trinajstić information content (AvgIpc) is 2.18. The predicted octanol–water partition coefficient (Wildman–Crippen LogP) is 1.49. The number of hydrogen-bond donors (Lipinski definition) is 2. The van der Waals surface area contributed by atoms with Gasteiger partial charge in [0.25, 0.3) is 0 Å². The summed E-state index contributed by atoms with van der Waals surface area (Å²) >= 11 is 0. The minimum Gasteiger partial charge on any atom is -0.387 e. The Kier molecular flexibility index (Phi) is 4.90. The molecule has 0 aromatic heterocycles. The van der Waals surface area contributed by atoms with Gasteiger partial charge in [-0.15, -0.1) is 0 Å². The molecule has 3 nitrogen and oxygen atoms in total. The highest BCUT2D eigenvalue weighted by Gasteiger charge is 2.17. The van der Waals surface area contributed by atoms with Crippen molar-refractivity contribution in [3.05, 3.63) is 22.5 Å². The fraction of sp³-hybridized carbons (Fsp3) is 0.500. The molecule has 13 heavy (non-hydrogen) atoms. The molecule has 0 bridgehead atoms. The molecule has 0 spiro atoms. The summed E-state index contributed by atoms with van der Waals surface area (Å²) in [6.07, 6.45) is 2.32. The second-order valence-electron chi connectivity index (χ2n) is 2.54. The summed E-state index contributed by atoms with van der Waals surface area (Å²) in [4.78, 5) is 1.04. The number of ether oxygens (including phenoxy) is 1. The summed E-state index contributed by atoms with van der Waals surface area (Å²) in [6.45, 7) is 0. The molecule has 1 rings (SSSR count). The molecule has 0 saturated heterocycles. The topological polar surface area (TPSA) is 49.7 Å². The molecule has 1 heterocycles. The first-order valence-corrected chi connectivity index (χ1v) is 6.03. The van der Waals surface area contributed by atoms with Gasteiger partial charge in [0, 0.05) is 13.5 Å². The van der Waals surface area contributed by atoms with Gasteiger partial charge in [-0.25, -0.2) is 0 Å². The van der Waals surface area contributed by atoms with Crippen LogP contribution < -0.4 is 0 Å². The largest absolute Gasteiger partial charge is 0.387 e. The Morgan fingerprint density at radius 1 is 1.54 bits per heavy atom. The lowest BCUT2D eigenvalue weighted by molar-refractivity contribution is -0.142. The zero-order valence-electron chi connectivity index (χ0n) is 7.21. The molecule has 0 fully saturated rings. The van der Waals surface area contributed by atoms with E-state index < -0.39 is 12.4 Å². The fourth-order valence-electron chi connectivity index (χ4n) is 0.862. The van der Waals surface area contributed by atoms with Crippen molar-refractivity contribution in [3.63, 3.8) is 0 Å². The molecule has 1 aliphatic rings. The van der Waals surface area contributed by atoms with Crippen LogP contribution in [-0.4, -0.2) is 29.7 Å². The minimum atomic E-state index is -1.10. The van der Waals surface area contributed by atoms with E-state index in [0.717, 1.165) is 4.91 Å². The van der Waals surface area contributed by atoms with Gasteiger partial charge in [0.15, 0.2) is 6.29 Å². The standard InChI is InChI=1S/C8H12O3S2/c1-11-8(10)7(9)5-6-3-2-4-12-13-6/h2-4,7-10H,5H2,1H3. The first-order valence-electron chi connectivity index (χ1n) is 3.82. The first kappa shape index (κ1) is 11.1. The van der Waals surface area contributed by atoms with E-state index in [2.05, 4.69) is 4.74 Å². The molecule has 0 saturated carbocycles. The van der Waals surface area contributed by atoms with Gasteiger partial charge in [-0.2, -0.15) is 0 Å². The normalized spacial score (nSPS) is 21.0. The highest BCUT2D eigenvalue weighted by Crippen LogP contribution is 2.37. The van der Waals surface area contributed by atoms with Crippen molar-refractivity contribution < 1.29 is 14.9 Å². The van der Waals surface area contributed by atoms with Gasteiger partial charge in [0.05, 0.1) is 0 Å². The van der Waals surface area contributed by atoms with E-state index in [0.29, 0.717) is 6.42 Å². The van der Waals surface area contributed by atoms with Crippen LogP contribution in [0.2, 0.25) is 0 Å². The lowest BCUT2D eigenvalue weighted by Gasteiger charge is -2.17. The van der Waals surface area contributed by atoms with Crippen LogP contribution in [0, 0.1) is 0 Å². The monoisotopic (exact) mass is 220 g/mol. The molecule has 5 heteroatoms. The Bertz CT molecular complexity index is 215. The van der Waals surface area contributed by atoms with E-state index in [4.69, 9.17) is 5.11 Å². The van der Waals surface area contributed by atoms with E-state index >= 15 is 0 Å². The summed E-state index contributed by atoms with van der Waals surface area (Å²) in [5, 5.41) is 20.5. The third kappa shape index (κ3) is 3.74. The van der Waals surface area contributed by atoms with Crippen LogP contribution in [0.5, 0.6) is 0 Å². The van der Waals surface area contributed by atoms with Crippen molar-refractivity contribution in [1.29, 1.82) is 0 Å². The van der Waals surface area contributed by atoms with Crippen LogP contribution in [0.25, 0.3) is 0 Å². The average molecular weight is 220 g/mol. The maximum absolute atomic E-state index is 9.41. The van der Waals surface area contributed by atoms with E-state index in [9.17, 15) is 5.11 Å². The summed E-state index contributed by atoms with van der Waals surface area (Å²) in [5.41, 5.74) is 0. The highest BCUT2D eigenvalue weighted by atomic mass is 33.1. The summed E-state index contributed by atoms with van der Waals surface area (Å²) in [7, 11) is 4.55. The van der Waals surface area contributed by atoms with Crippen LogP contribution >= 0.6 is 21.6 Å². The van der Waals surface area contributed by atoms with Crippen molar-refractivity contribution in [1.82, 2.24) is 0 Å². The molecule has 0 radical (unpaired) electrons. The second-order valence-corrected chi connectivity index (χ2v) is 4.77. The van der Waals surface area contributed by atoms with Gasteiger partial charge < -0.3 is 14.9 Å². The maximum atomic E-state index is 9.41. The minimum absolute atomic E-state index is 0.428. The summed E-state index contributed by atoms with van der Waals surface area (Å²) < 4.78 is 4.60. The Hall–Kier alpha value is 0.0600. The zero-order valence-corrected chi connectivity index (χ0v) is 8.85. The van der Waals surface area contributed by atoms with Gasteiger partial charge in [-0.05, 0) is 10.3 Å². The number of hydrogen-bond acceptors (Lipinski definition) is 5. The molecule has 1 aliphatic heterocycles. The number of aliphatic hydroxyl groups is 2. The fourth-order valence-corrected chi connectivity index (χ4v) is 2.66. The first-order chi connectivity index (χ1) is 6.24. The Morgan fingerprint density at radius 3 is 2.85 bits per heavy atom. The van der Waals surface area contributed by atoms with Crippen LogP contribution in [0.1, 0.15) is 6.42 Å². The lowest BCUT2D eigenvalue weighted by atomic mass is 10.2. The van der Waals surface area contributed by atoms with E-state index in [1.807, 2.05) is 17.6 Å². The molecule has 0 aromatic rings. The molecular weight excluding hydrogens is 208 g/mol. The van der Waals surface area contributed by atoms with Crippen molar-refractivity contribution >= 4 is 21.6 Å². The van der Waals surface area contributed by atoms with Crippen molar-refractivity contribution in [2.75, 3.05) is 7.11 Å². The van der Waals surface area contributed by atoms with Gasteiger partial charge in [-0.1, -0.05) is 33.7 Å². The predicted molar refractivity (Wildman–Crippen MR) is 56.0 cm³/mol. The van der Waals surface area contributed by atoms with Gasteiger partial charge in [0.1, 0.15) is 6.10 Å². The summed E-state index contributed by atoms with van der Waals surface area (Å²) in [6, 6.07) is 0. The molecular formula is C8H12O3S2. The van der Waals surface area contributed by atoms with Crippen LogP contribution in [0.3, 0.4) is 0 Å². The SMILES string of the molecule is COC(O)C(O)CC1=CC=CSS1. The third-order valence-electron chi connectivity index (χ3n) is 1.55. The van der Waals surface area contributed by atoms with Crippen LogP contribution in [0.15, 0.2) is 22.5 Å². The summed E-state index contributed by atoms with van der Waals surface area (Å²) in [5.74, 6) is 0. The van der Waals surface area contributed by atoms with Crippen LogP contribution in [-0.2, 0) is 4.74 Å². The molecule has 2 N–H and O–H groups in total. The van der Waals surface area contributed by atoms with Crippen molar-refractivity contribution in [2.24, 2.45) is 0 Å². The third-order valence-corrected chi connectivity index (χ3v) is 3.70. The van der Waals surface area contributed by atoms with Crippen LogP contribution in [0.4, 0.5) is 0 Å². The van der Waals surface area contributed by atoms with Crippen molar-refractivity contribution in [3.8, 4) is 0 Å². The molecule has 0 amide bonds. The molecule has 0 aliphatic carbocycles. The number of allylic oxidation sites excluding steroid dienone is 2. The van der Waals surface area contributed by atoms with Crippen molar-refractivity contribution in [2.45, 2.75) is 18.8 Å². The molecule has 0 aromatic carbocycles. The van der Waals surface area contributed by atoms with E-state index in [-0.39, 0.29) is 0 Å². The molecule has 2 atom stereocenters. The zero-order chi connectivity index (χ0) is 9.68. The van der Waals surface area contributed by atoms with E-state index in [1.165, 1.54) is 7.11 Å².